The van der Waals surface area contributed by atoms with Crippen molar-refractivity contribution in [3.05, 3.63) is 48.2 Å². The number of rotatable bonds is 4. The SMILES string of the molecule is N#Cc1ccc(N2CCC(C(=O)Nc3ccc(OC(F)(F)F)cc3)CC2)nc1. The zero-order valence-corrected chi connectivity index (χ0v) is 14.7. The van der Waals surface area contributed by atoms with Gasteiger partial charge in [0.2, 0.25) is 5.91 Å². The van der Waals surface area contributed by atoms with E-state index in [4.69, 9.17) is 5.26 Å². The molecule has 9 heteroatoms. The highest BCUT2D eigenvalue weighted by Gasteiger charge is 2.31. The number of ether oxygens (including phenoxy) is 1. The molecule has 1 aliphatic heterocycles. The van der Waals surface area contributed by atoms with Crippen LogP contribution < -0.4 is 15.0 Å². The van der Waals surface area contributed by atoms with Crippen molar-refractivity contribution in [2.45, 2.75) is 19.2 Å². The summed E-state index contributed by atoms with van der Waals surface area (Å²) < 4.78 is 40.3. The number of nitrogens with zero attached hydrogens (tertiary/aromatic N) is 3. The van der Waals surface area contributed by atoms with Gasteiger partial charge in [-0.3, -0.25) is 4.79 Å². The molecular formula is C19H17F3N4O2. The third-order valence-corrected chi connectivity index (χ3v) is 4.42. The fourth-order valence-electron chi connectivity index (χ4n) is 2.99. The number of nitriles is 1. The summed E-state index contributed by atoms with van der Waals surface area (Å²) in [5.74, 6) is 0.0597. The number of piperidine rings is 1. The molecule has 0 saturated carbocycles. The van der Waals surface area contributed by atoms with Crippen LogP contribution in [-0.4, -0.2) is 30.3 Å². The van der Waals surface area contributed by atoms with Crippen molar-refractivity contribution in [2.75, 3.05) is 23.3 Å². The first-order valence-corrected chi connectivity index (χ1v) is 8.62. The maximum atomic E-state index is 12.4. The van der Waals surface area contributed by atoms with Crippen LogP contribution in [0.3, 0.4) is 0 Å². The van der Waals surface area contributed by atoms with Gasteiger partial charge in [0.1, 0.15) is 17.6 Å². The van der Waals surface area contributed by atoms with Crippen LogP contribution in [-0.2, 0) is 4.79 Å². The van der Waals surface area contributed by atoms with Crippen LogP contribution in [0.1, 0.15) is 18.4 Å². The van der Waals surface area contributed by atoms with Crippen LogP contribution in [0.15, 0.2) is 42.6 Å². The first kappa shape index (κ1) is 19.5. The van der Waals surface area contributed by atoms with Crippen molar-refractivity contribution in [1.29, 1.82) is 5.26 Å². The second kappa shape index (κ2) is 8.17. The lowest BCUT2D eigenvalue weighted by Crippen LogP contribution is -2.38. The first-order chi connectivity index (χ1) is 13.3. The van der Waals surface area contributed by atoms with Crippen molar-refractivity contribution >= 4 is 17.4 Å². The minimum absolute atomic E-state index is 0.170. The molecule has 1 aromatic heterocycles. The van der Waals surface area contributed by atoms with Crippen LogP contribution in [0.4, 0.5) is 24.7 Å². The summed E-state index contributed by atoms with van der Waals surface area (Å²) in [4.78, 5) is 18.7. The Labute approximate surface area is 159 Å². The Hall–Kier alpha value is -3.28. The second-order valence-corrected chi connectivity index (χ2v) is 6.34. The fourth-order valence-corrected chi connectivity index (χ4v) is 2.99. The summed E-state index contributed by atoms with van der Waals surface area (Å²) in [6, 6.07) is 10.6. The molecule has 0 bridgehead atoms. The lowest BCUT2D eigenvalue weighted by molar-refractivity contribution is -0.274. The molecule has 0 unspecified atom stereocenters. The van der Waals surface area contributed by atoms with E-state index in [0.717, 1.165) is 18.0 Å². The summed E-state index contributed by atoms with van der Waals surface area (Å²) in [7, 11) is 0. The predicted molar refractivity (Wildman–Crippen MR) is 95.6 cm³/mol. The Morgan fingerprint density at radius 2 is 1.86 bits per heavy atom. The first-order valence-electron chi connectivity index (χ1n) is 8.62. The highest BCUT2D eigenvalue weighted by atomic mass is 19.4. The molecule has 28 heavy (non-hydrogen) atoms. The largest absolute Gasteiger partial charge is 0.573 e. The van der Waals surface area contributed by atoms with Gasteiger partial charge in [-0.05, 0) is 49.2 Å². The molecule has 2 heterocycles. The molecule has 1 saturated heterocycles. The summed E-state index contributed by atoms with van der Waals surface area (Å²) in [6.45, 7) is 1.30. The number of pyridine rings is 1. The van der Waals surface area contributed by atoms with Crippen LogP contribution in [0.25, 0.3) is 0 Å². The lowest BCUT2D eigenvalue weighted by atomic mass is 9.95. The quantitative estimate of drug-likeness (QED) is 0.861. The number of benzene rings is 1. The number of nitrogens with one attached hydrogen (secondary N) is 1. The van der Waals surface area contributed by atoms with Gasteiger partial charge < -0.3 is 15.0 Å². The lowest BCUT2D eigenvalue weighted by Gasteiger charge is -2.32. The topological polar surface area (TPSA) is 78.2 Å². The molecular weight excluding hydrogens is 373 g/mol. The molecule has 6 nitrogen and oxygen atoms in total. The van der Waals surface area contributed by atoms with Crippen molar-refractivity contribution < 1.29 is 22.7 Å². The zero-order chi connectivity index (χ0) is 20.1. The molecule has 1 amide bonds. The number of halogens is 3. The van der Waals surface area contributed by atoms with Gasteiger partial charge in [-0.2, -0.15) is 5.26 Å². The highest BCUT2D eigenvalue weighted by molar-refractivity contribution is 5.92. The Balaban J connectivity index is 1.51. The average molecular weight is 390 g/mol. The number of carbonyl (C=O) groups excluding carboxylic acids is 1. The Kier molecular flexibility index (Phi) is 5.68. The summed E-state index contributed by atoms with van der Waals surface area (Å²) in [5.41, 5.74) is 0.903. The smallest absolute Gasteiger partial charge is 0.406 e. The minimum atomic E-state index is -4.75. The summed E-state index contributed by atoms with van der Waals surface area (Å²) in [5, 5.41) is 11.5. The van der Waals surface area contributed by atoms with Crippen molar-refractivity contribution in [3.8, 4) is 11.8 Å². The number of alkyl halides is 3. The standard InChI is InChI=1S/C19H17F3N4O2/c20-19(21,22)28-16-4-2-15(3-5-16)25-18(27)14-7-9-26(10-8-14)17-6-1-13(11-23)12-24-17/h1-6,12,14H,7-10H2,(H,25,27). The molecule has 0 radical (unpaired) electrons. The number of amides is 1. The van der Waals surface area contributed by atoms with E-state index in [0.29, 0.717) is 37.2 Å². The third-order valence-electron chi connectivity index (χ3n) is 4.42. The molecule has 3 rings (SSSR count). The second-order valence-electron chi connectivity index (χ2n) is 6.34. The minimum Gasteiger partial charge on any atom is -0.406 e. The van der Waals surface area contributed by atoms with Gasteiger partial charge in [-0.15, -0.1) is 13.2 Å². The van der Waals surface area contributed by atoms with E-state index >= 15 is 0 Å². The van der Waals surface area contributed by atoms with Gasteiger partial charge in [-0.25, -0.2) is 4.98 Å². The zero-order valence-electron chi connectivity index (χ0n) is 14.7. The van der Waals surface area contributed by atoms with Crippen molar-refractivity contribution in [3.63, 3.8) is 0 Å². The molecule has 146 valence electrons. The summed E-state index contributed by atoms with van der Waals surface area (Å²) >= 11 is 0. The number of hydrogen-bond donors (Lipinski definition) is 1. The third kappa shape index (κ3) is 5.13. The monoisotopic (exact) mass is 390 g/mol. The fraction of sp³-hybridized carbons (Fsp3) is 0.316. The molecule has 1 aliphatic rings. The van der Waals surface area contributed by atoms with Gasteiger partial charge in [0.05, 0.1) is 5.56 Å². The molecule has 2 aromatic rings. The number of anilines is 2. The van der Waals surface area contributed by atoms with E-state index in [9.17, 15) is 18.0 Å². The molecule has 0 aliphatic carbocycles. The Bertz CT molecular complexity index is 853. The predicted octanol–water partition coefficient (Wildman–Crippen LogP) is 3.71. The van der Waals surface area contributed by atoms with E-state index in [1.165, 1.54) is 18.3 Å². The average Bonchev–Trinajstić information content (AvgIpc) is 2.68. The Morgan fingerprint density at radius 3 is 2.39 bits per heavy atom. The maximum absolute atomic E-state index is 12.4. The molecule has 1 N–H and O–H groups in total. The van der Waals surface area contributed by atoms with Gasteiger partial charge in [0, 0.05) is 30.9 Å². The Morgan fingerprint density at radius 1 is 1.18 bits per heavy atom. The van der Waals surface area contributed by atoms with Crippen LogP contribution in [0.2, 0.25) is 0 Å². The van der Waals surface area contributed by atoms with Crippen LogP contribution in [0.5, 0.6) is 5.75 Å². The van der Waals surface area contributed by atoms with Gasteiger partial charge in [-0.1, -0.05) is 0 Å². The molecule has 1 fully saturated rings. The number of carbonyl (C=O) groups is 1. The van der Waals surface area contributed by atoms with E-state index in [1.807, 2.05) is 11.0 Å². The van der Waals surface area contributed by atoms with Crippen LogP contribution >= 0.6 is 0 Å². The van der Waals surface area contributed by atoms with E-state index in [2.05, 4.69) is 15.0 Å². The maximum Gasteiger partial charge on any atom is 0.573 e. The van der Waals surface area contributed by atoms with E-state index in [1.54, 1.807) is 12.1 Å². The van der Waals surface area contributed by atoms with Crippen LogP contribution in [0, 0.1) is 17.2 Å². The molecule has 0 spiro atoms. The van der Waals surface area contributed by atoms with Crippen molar-refractivity contribution in [1.82, 2.24) is 4.98 Å². The van der Waals surface area contributed by atoms with Gasteiger partial charge in [0.15, 0.2) is 0 Å². The molecule has 1 aromatic carbocycles. The van der Waals surface area contributed by atoms with E-state index < -0.39 is 6.36 Å². The molecule has 0 atom stereocenters. The number of aromatic nitrogens is 1. The summed E-state index contributed by atoms with van der Waals surface area (Å²) in [6.07, 6.45) is -1.98. The van der Waals surface area contributed by atoms with E-state index in [-0.39, 0.29) is 17.6 Å². The number of hydrogen-bond acceptors (Lipinski definition) is 5. The van der Waals surface area contributed by atoms with Gasteiger partial charge >= 0.3 is 6.36 Å². The highest BCUT2D eigenvalue weighted by Crippen LogP contribution is 2.26. The van der Waals surface area contributed by atoms with Crippen molar-refractivity contribution in [2.24, 2.45) is 5.92 Å². The van der Waals surface area contributed by atoms with Gasteiger partial charge in [0.25, 0.3) is 0 Å². The normalized spacial score (nSPS) is 15.0.